The van der Waals surface area contributed by atoms with Gasteiger partial charge in [-0.3, -0.25) is 4.79 Å². The van der Waals surface area contributed by atoms with Crippen LogP contribution < -0.4 is 5.32 Å². The lowest BCUT2D eigenvalue weighted by molar-refractivity contribution is -0.133. The molecule has 164 valence electrons. The molecular formula is C24H35N3O2S. The van der Waals surface area contributed by atoms with E-state index in [1.165, 1.54) is 0 Å². The summed E-state index contributed by atoms with van der Waals surface area (Å²) in [7, 11) is 0. The summed E-state index contributed by atoms with van der Waals surface area (Å²) in [6, 6.07) is 13.8. The second kappa shape index (κ2) is 11.2. The number of amides is 3. The van der Waals surface area contributed by atoms with Gasteiger partial charge in [0.15, 0.2) is 0 Å². The van der Waals surface area contributed by atoms with Gasteiger partial charge in [0, 0.05) is 23.5 Å². The number of benzene rings is 1. The number of carbonyl (C=O) groups is 2. The number of nitrogens with one attached hydrogen (secondary N) is 1. The molecule has 0 aliphatic carbocycles. The highest BCUT2D eigenvalue weighted by molar-refractivity contribution is 7.09. The minimum atomic E-state index is -0.353. The maximum Gasteiger partial charge on any atom is 0.318 e. The van der Waals surface area contributed by atoms with Gasteiger partial charge < -0.3 is 15.1 Å². The normalized spacial score (nSPS) is 12.3. The summed E-state index contributed by atoms with van der Waals surface area (Å²) in [6.45, 7) is 11.8. The van der Waals surface area contributed by atoms with E-state index in [2.05, 4.69) is 19.2 Å². The van der Waals surface area contributed by atoms with Crippen molar-refractivity contribution in [1.82, 2.24) is 15.1 Å². The molecular weight excluding hydrogens is 394 g/mol. The largest absolute Gasteiger partial charge is 0.333 e. The van der Waals surface area contributed by atoms with Crippen LogP contribution in [0, 0.1) is 5.92 Å². The molecule has 1 N–H and O–H groups in total. The fourth-order valence-electron chi connectivity index (χ4n) is 3.01. The molecule has 0 saturated heterocycles. The Morgan fingerprint density at radius 1 is 1.03 bits per heavy atom. The van der Waals surface area contributed by atoms with Gasteiger partial charge in [0.05, 0.1) is 6.54 Å². The Labute approximate surface area is 185 Å². The van der Waals surface area contributed by atoms with E-state index in [-0.39, 0.29) is 24.0 Å². The van der Waals surface area contributed by atoms with Crippen molar-refractivity contribution in [3.8, 4) is 0 Å². The molecule has 5 nitrogen and oxygen atoms in total. The smallest absolute Gasteiger partial charge is 0.318 e. The maximum atomic E-state index is 13.3. The Kier molecular flexibility index (Phi) is 8.90. The molecule has 0 aliphatic heterocycles. The highest BCUT2D eigenvalue weighted by Gasteiger charge is 2.25. The molecule has 2 aromatic rings. The fraction of sp³-hybridized carbons (Fsp3) is 0.500. The molecule has 2 rings (SSSR count). The van der Waals surface area contributed by atoms with Crippen molar-refractivity contribution in [2.75, 3.05) is 13.1 Å². The molecule has 1 heterocycles. The average molecular weight is 430 g/mol. The number of carbonyl (C=O) groups excluding carboxylic acids is 2. The highest BCUT2D eigenvalue weighted by atomic mass is 32.1. The molecule has 0 radical (unpaired) electrons. The van der Waals surface area contributed by atoms with E-state index < -0.39 is 0 Å². The molecule has 1 atom stereocenters. The van der Waals surface area contributed by atoms with Crippen LogP contribution in [0.5, 0.6) is 0 Å². The molecule has 3 amide bonds. The molecule has 0 fully saturated rings. The first kappa shape index (κ1) is 23.9. The summed E-state index contributed by atoms with van der Waals surface area (Å²) in [5, 5.41) is 5.03. The van der Waals surface area contributed by atoms with Gasteiger partial charge in [0.1, 0.15) is 6.54 Å². The third-order valence-corrected chi connectivity index (χ3v) is 5.68. The third-order valence-electron chi connectivity index (χ3n) is 4.82. The van der Waals surface area contributed by atoms with Crippen molar-refractivity contribution in [2.45, 2.75) is 59.7 Å². The minimum absolute atomic E-state index is 0.0420. The van der Waals surface area contributed by atoms with Crippen molar-refractivity contribution >= 4 is 23.3 Å². The number of hydrogen-bond acceptors (Lipinski definition) is 3. The molecule has 0 aliphatic rings. The first-order valence-corrected chi connectivity index (χ1v) is 11.5. The minimum Gasteiger partial charge on any atom is -0.333 e. The first-order chi connectivity index (χ1) is 14.2. The summed E-state index contributed by atoms with van der Waals surface area (Å²) in [5.41, 5.74) is 0.726. The quantitative estimate of drug-likeness (QED) is 0.600. The van der Waals surface area contributed by atoms with Crippen molar-refractivity contribution in [2.24, 2.45) is 5.92 Å². The van der Waals surface area contributed by atoms with Crippen molar-refractivity contribution < 1.29 is 9.59 Å². The standard InChI is InChI=1S/C24H35N3O2S/c1-6-19(2)15-27(23(29)25-24(3,4)5)18-22(28)26(17-21-13-10-14-30-21)16-20-11-8-7-9-12-20/h7-14,19H,6,15-18H2,1-5H3,(H,25,29)/t19-/m1/s1. The van der Waals surface area contributed by atoms with E-state index in [4.69, 9.17) is 0 Å². The van der Waals surface area contributed by atoms with Crippen LogP contribution in [0.1, 0.15) is 51.5 Å². The second-order valence-electron chi connectivity index (χ2n) is 8.89. The van der Waals surface area contributed by atoms with E-state index in [1.807, 2.05) is 73.5 Å². The van der Waals surface area contributed by atoms with Crippen LogP contribution in [0.3, 0.4) is 0 Å². The molecule has 0 spiro atoms. The van der Waals surface area contributed by atoms with Crippen LogP contribution in [0.15, 0.2) is 47.8 Å². The van der Waals surface area contributed by atoms with Crippen LogP contribution in [0.2, 0.25) is 0 Å². The van der Waals surface area contributed by atoms with E-state index in [0.29, 0.717) is 25.6 Å². The average Bonchev–Trinajstić information content (AvgIpc) is 3.19. The zero-order valence-corrected chi connectivity index (χ0v) is 19.7. The molecule has 1 aromatic heterocycles. The lowest BCUT2D eigenvalue weighted by Gasteiger charge is -2.32. The van der Waals surface area contributed by atoms with Crippen LogP contribution in [-0.2, 0) is 17.9 Å². The van der Waals surface area contributed by atoms with Crippen molar-refractivity contribution in [3.05, 3.63) is 58.3 Å². The summed E-state index contributed by atoms with van der Waals surface area (Å²) < 4.78 is 0. The van der Waals surface area contributed by atoms with Crippen LogP contribution in [0.4, 0.5) is 4.79 Å². The topological polar surface area (TPSA) is 52.7 Å². The van der Waals surface area contributed by atoms with E-state index in [1.54, 1.807) is 16.2 Å². The van der Waals surface area contributed by atoms with Gasteiger partial charge in [0.2, 0.25) is 5.91 Å². The van der Waals surface area contributed by atoms with Gasteiger partial charge in [-0.1, -0.05) is 56.7 Å². The number of urea groups is 1. The third kappa shape index (κ3) is 8.19. The van der Waals surface area contributed by atoms with Gasteiger partial charge >= 0.3 is 6.03 Å². The lowest BCUT2D eigenvalue weighted by atomic mass is 10.1. The Hall–Kier alpha value is -2.34. The van der Waals surface area contributed by atoms with E-state index >= 15 is 0 Å². The Morgan fingerprint density at radius 2 is 1.73 bits per heavy atom. The Morgan fingerprint density at radius 3 is 2.30 bits per heavy atom. The van der Waals surface area contributed by atoms with Gasteiger partial charge in [-0.2, -0.15) is 0 Å². The molecule has 30 heavy (non-hydrogen) atoms. The molecule has 0 saturated carbocycles. The maximum absolute atomic E-state index is 13.3. The Bertz CT molecular complexity index is 785. The number of hydrogen-bond donors (Lipinski definition) is 1. The van der Waals surface area contributed by atoms with E-state index in [9.17, 15) is 9.59 Å². The number of nitrogens with zero attached hydrogens (tertiary/aromatic N) is 2. The Balaban J connectivity index is 2.18. The van der Waals surface area contributed by atoms with E-state index in [0.717, 1.165) is 16.9 Å². The second-order valence-corrected chi connectivity index (χ2v) is 9.92. The van der Waals surface area contributed by atoms with Crippen molar-refractivity contribution in [1.29, 1.82) is 0 Å². The number of rotatable bonds is 9. The molecule has 6 heteroatoms. The predicted molar refractivity (Wildman–Crippen MR) is 124 cm³/mol. The van der Waals surface area contributed by atoms with Crippen molar-refractivity contribution in [3.63, 3.8) is 0 Å². The molecule has 0 bridgehead atoms. The predicted octanol–water partition coefficient (Wildman–Crippen LogP) is 5.13. The zero-order valence-electron chi connectivity index (χ0n) is 18.9. The summed E-state index contributed by atoms with van der Waals surface area (Å²) in [6.07, 6.45) is 0.955. The lowest BCUT2D eigenvalue weighted by Crippen LogP contribution is -2.52. The molecule has 1 aromatic carbocycles. The summed E-state index contributed by atoms with van der Waals surface area (Å²) in [5.74, 6) is 0.281. The van der Waals surface area contributed by atoms with Gasteiger partial charge in [0.25, 0.3) is 0 Å². The summed E-state index contributed by atoms with van der Waals surface area (Å²) >= 11 is 1.64. The van der Waals surface area contributed by atoms with Crippen LogP contribution in [0.25, 0.3) is 0 Å². The molecule has 0 unspecified atom stereocenters. The first-order valence-electron chi connectivity index (χ1n) is 10.6. The van der Waals surface area contributed by atoms with Gasteiger partial charge in [-0.25, -0.2) is 4.79 Å². The monoisotopic (exact) mass is 429 g/mol. The van der Waals surface area contributed by atoms with Gasteiger partial charge in [-0.05, 0) is 43.7 Å². The SMILES string of the molecule is CC[C@@H](C)CN(CC(=O)N(Cc1ccccc1)Cc1cccs1)C(=O)NC(C)(C)C. The highest BCUT2D eigenvalue weighted by Crippen LogP contribution is 2.16. The summed E-state index contributed by atoms with van der Waals surface area (Å²) in [4.78, 5) is 30.9. The zero-order chi connectivity index (χ0) is 22.1. The fourth-order valence-corrected chi connectivity index (χ4v) is 3.73. The number of thiophene rings is 1. The van der Waals surface area contributed by atoms with Crippen LogP contribution in [-0.4, -0.2) is 40.4 Å². The van der Waals surface area contributed by atoms with Crippen LogP contribution >= 0.6 is 11.3 Å². The van der Waals surface area contributed by atoms with Gasteiger partial charge in [-0.15, -0.1) is 11.3 Å².